The molecule has 11 heavy (non-hydrogen) atoms. The van der Waals surface area contributed by atoms with E-state index >= 15 is 0 Å². The summed E-state index contributed by atoms with van der Waals surface area (Å²) in [7, 11) is 0. The molecule has 0 aliphatic rings. The van der Waals surface area contributed by atoms with Gasteiger partial charge < -0.3 is 5.73 Å². The first-order valence-corrected chi connectivity index (χ1v) is 3.31. The van der Waals surface area contributed by atoms with Crippen LogP contribution in [0.2, 0.25) is 0 Å². The van der Waals surface area contributed by atoms with Gasteiger partial charge in [-0.2, -0.15) is 0 Å². The Morgan fingerprint density at radius 1 is 1.55 bits per heavy atom. The van der Waals surface area contributed by atoms with Crippen LogP contribution < -0.4 is 5.73 Å². The lowest BCUT2D eigenvalue weighted by atomic mass is 10.4. The minimum absolute atomic E-state index is 0. The van der Waals surface area contributed by atoms with E-state index in [2.05, 4.69) is 9.97 Å². The van der Waals surface area contributed by atoms with Crippen molar-refractivity contribution in [3.8, 4) is 0 Å². The second-order valence-electron chi connectivity index (χ2n) is 2.15. The number of aryl methyl sites for hydroxylation is 1. The number of hydrogen-bond donors (Lipinski definition) is 1. The molecular weight excluding hydrogens is 162 g/mol. The molecule has 1 rings (SSSR count). The first-order valence-electron chi connectivity index (χ1n) is 3.31. The second kappa shape index (κ2) is 5.04. The molecule has 0 aromatic carbocycles. The highest BCUT2D eigenvalue weighted by Crippen LogP contribution is 1.92. The fourth-order valence-electron chi connectivity index (χ4n) is 0.750. The van der Waals surface area contributed by atoms with Gasteiger partial charge in [0.05, 0.1) is 0 Å². The summed E-state index contributed by atoms with van der Waals surface area (Å²) in [5.74, 6) is 0.836. The average Bonchev–Trinajstić information content (AvgIpc) is 1.88. The number of rotatable bonds is 2. The maximum atomic E-state index is 5.33. The Morgan fingerprint density at radius 3 is 2.82 bits per heavy atom. The van der Waals surface area contributed by atoms with Gasteiger partial charge in [0.25, 0.3) is 0 Å². The van der Waals surface area contributed by atoms with E-state index in [1.54, 1.807) is 6.20 Å². The van der Waals surface area contributed by atoms with Crippen molar-refractivity contribution in [2.24, 2.45) is 5.73 Å². The number of nitrogens with zero attached hydrogens (tertiary/aromatic N) is 2. The van der Waals surface area contributed by atoms with Crippen molar-refractivity contribution in [2.75, 3.05) is 6.54 Å². The van der Waals surface area contributed by atoms with Crippen LogP contribution in [0.25, 0.3) is 0 Å². The zero-order chi connectivity index (χ0) is 7.40. The predicted molar refractivity (Wildman–Crippen MR) is 46.8 cm³/mol. The molecule has 0 unspecified atom stereocenters. The maximum Gasteiger partial charge on any atom is 0.129 e. The van der Waals surface area contributed by atoms with Gasteiger partial charge >= 0.3 is 0 Å². The van der Waals surface area contributed by atoms with E-state index in [1.165, 1.54) is 0 Å². The van der Waals surface area contributed by atoms with Crippen LogP contribution in [0, 0.1) is 6.92 Å². The minimum Gasteiger partial charge on any atom is -0.330 e. The standard InChI is InChI=1S/C7H11N3.ClH/c1-6-3-5-9-7(10-6)2-4-8;/h3,5H,2,4,8H2,1H3;1H. The van der Waals surface area contributed by atoms with Gasteiger partial charge in [-0.15, -0.1) is 12.4 Å². The monoisotopic (exact) mass is 173 g/mol. The quantitative estimate of drug-likeness (QED) is 0.717. The van der Waals surface area contributed by atoms with Gasteiger partial charge in [0.2, 0.25) is 0 Å². The summed E-state index contributed by atoms with van der Waals surface area (Å²) in [6.07, 6.45) is 2.52. The van der Waals surface area contributed by atoms with E-state index in [0.29, 0.717) is 6.54 Å². The third-order valence-electron chi connectivity index (χ3n) is 1.21. The summed E-state index contributed by atoms with van der Waals surface area (Å²) in [4.78, 5) is 8.21. The summed E-state index contributed by atoms with van der Waals surface area (Å²) in [6.45, 7) is 2.56. The fraction of sp³-hybridized carbons (Fsp3) is 0.429. The summed E-state index contributed by atoms with van der Waals surface area (Å²) < 4.78 is 0. The highest BCUT2D eigenvalue weighted by Gasteiger charge is 1.92. The molecule has 0 bridgehead atoms. The van der Waals surface area contributed by atoms with Crippen LogP contribution in [0.1, 0.15) is 11.5 Å². The third kappa shape index (κ3) is 3.30. The summed E-state index contributed by atoms with van der Waals surface area (Å²) in [5, 5.41) is 0. The molecule has 2 N–H and O–H groups in total. The van der Waals surface area contributed by atoms with Crippen molar-refractivity contribution in [2.45, 2.75) is 13.3 Å². The number of aromatic nitrogens is 2. The van der Waals surface area contributed by atoms with Crippen LogP contribution in [-0.4, -0.2) is 16.5 Å². The molecule has 0 aliphatic carbocycles. The predicted octanol–water partition coefficient (Wildman–Crippen LogP) is 0.708. The van der Waals surface area contributed by atoms with Crippen molar-refractivity contribution in [1.29, 1.82) is 0 Å². The van der Waals surface area contributed by atoms with Gasteiger partial charge in [0.15, 0.2) is 0 Å². The van der Waals surface area contributed by atoms with Crippen molar-refractivity contribution < 1.29 is 0 Å². The Kier molecular flexibility index (Phi) is 4.74. The molecular formula is C7H12ClN3. The average molecular weight is 174 g/mol. The smallest absolute Gasteiger partial charge is 0.129 e. The molecule has 0 amide bonds. The van der Waals surface area contributed by atoms with Gasteiger partial charge in [0, 0.05) is 18.3 Å². The molecule has 0 atom stereocenters. The van der Waals surface area contributed by atoms with Crippen LogP contribution in [0.5, 0.6) is 0 Å². The molecule has 1 aromatic heterocycles. The van der Waals surface area contributed by atoms with Gasteiger partial charge in [-0.3, -0.25) is 0 Å². The molecule has 3 nitrogen and oxygen atoms in total. The van der Waals surface area contributed by atoms with Crippen molar-refractivity contribution in [3.63, 3.8) is 0 Å². The third-order valence-corrected chi connectivity index (χ3v) is 1.21. The van der Waals surface area contributed by atoms with E-state index in [1.807, 2.05) is 13.0 Å². The molecule has 0 aliphatic heterocycles. The van der Waals surface area contributed by atoms with E-state index in [0.717, 1.165) is 17.9 Å². The molecule has 1 aromatic rings. The second-order valence-corrected chi connectivity index (χ2v) is 2.15. The Morgan fingerprint density at radius 2 is 2.27 bits per heavy atom. The SMILES string of the molecule is Cc1ccnc(CCN)n1.Cl. The van der Waals surface area contributed by atoms with E-state index in [9.17, 15) is 0 Å². The topological polar surface area (TPSA) is 51.8 Å². The first kappa shape index (κ1) is 10.3. The van der Waals surface area contributed by atoms with Crippen LogP contribution in [0.4, 0.5) is 0 Å². The molecule has 0 fully saturated rings. The molecule has 0 radical (unpaired) electrons. The number of halogens is 1. The van der Waals surface area contributed by atoms with Gasteiger partial charge in [-0.1, -0.05) is 0 Å². The lowest BCUT2D eigenvalue weighted by molar-refractivity contribution is 0.855. The molecule has 0 spiro atoms. The Labute approximate surface area is 72.5 Å². The van der Waals surface area contributed by atoms with Gasteiger partial charge in [-0.05, 0) is 19.5 Å². The normalized spacial score (nSPS) is 8.91. The fourth-order valence-corrected chi connectivity index (χ4v) is 0.750. The molecule has 4 heteroatoms. The number of hydrogen-bond acceptors (Lipinski definition) is 3. The summed E-state index contributed by atoms with van der Waals surface area (Å²) >= 11 is 0. The largest absolute Gasteiger partial charge is 0.330 e. The van der Waals surface area contributed by atoms with Crippen LogP contribution in [0.15, 0.2) is 12.3 Å². The Hall–Kier alpha value is -0.670. The van der Waals surface area contributed by atoms with E-state index < -0.39 is 0 Å². The van der Waals surface area contributed by atoms with Gasteiger partial charge in [0.1, 0.15) is 5.82 Å². The molecule has 1 heterocycles. The van der Waals surface area contributed by atoms with Crippen LogP contribution in [-0.2, 0) is 6.42 Å². The van der Waals surface area contributed by atoms with E-state index in [-0.39, 0.29) is 12.4 Å². The zero-order valence-electron chi connectivity index (χ0n) is 6.45. The minimum atomic E-state index is 0. The molecule has 62 valence electrons. The Balaban J connectivity index is 0.000001000. The van der Waals surface area contributed by atoms with Crippen LogP contribution >= 0.6 is 12.4 Å². The first-order chi connectivity index (χ1) is 4.83. The highest BCUT2D eigenvalue weighted by atomic mass is 35.5. The molecule has 0 saturated carbocycles. The Bertz CT molecular complexity index is 215. The van der Waals surface area contributed by atoms with Crippen molar-refractivity contribution in [1.82, 2.24) is 9.97 Å². The summed E-state index contributed by atoms with van der Waals surface area (Å²) in [6, 6.07) is 1.88. The lowest BCUT2D eigenvalue weighted by Crippen LogP contribution is -2.06. The molecule has 0 saturated heterocycles. The van der Waals surface area contributed by atoms with Crippen molar-refractivity contribution in [3.05, 3.63) is 23.8 Å². The zero-order valence-corrected chi connectivity index (χ0v) is 7.27. The summed E-state index contributed by atoms with van der Waals surface area (Å²) in [5.41, 5.74) is 6.33. The lowest BCUT2D eigenvalue weighted by Gasteiger charge is -1.95. The number of nitrogens with two attached hydrogens (primary N) is 1. The van der Waals surface area contributed by atoms with Crippen LogP contribution in [0.3, 0.4) is 0 Å². The van der Waals surface area contributed by atoms with Gasteiger partial charge in [-0.25, -0.2) is 9.97 Å². The van der Waals surface area contributed by atoms with E-state index in [4.69, 9.17) is 5.73 Å². The van der Waals surface area contributed by atoms with Crippen molar-refractivity contribution >= 4 is 12.4 Å². The maximum absolute atomic E-state index is 5.33. The highest BCUT2D eigenvalue weighted by molar-refractivity contribution is 5.85.